The van der Waals surface area contributed by atoms with E-state index in [2.05, 4.69) is 39.0 Å². The zero-order valence-electron chi connectivity index (χ0n) is 10.7. The summed E-state index contributed by atoms with van der Waals surface area (Å²) in [4.78, 5) is 2.43. The van der Waals surface area contributed by atoms with Crippen molar-refractivity contribution in [2.24, 2.45) is 17.4 Å². The summed E-state index contributed by atoms with van der Waals surface area (Å²) in [6.07, 6.45) is 2.35. The van der Waals surface area contributed by atoms with Gasteiger partial charge in [0.05, 0.1) is 0 Å². The van der Waals surface area contributed by atoms with Crippen LogP contribution < -0.4 is 11.5 Å². The Morgan fingerprint density at radius 1 is 1.33 bits per heavy atom. The van der Waals surface area contributed by atoms with Crippen LogP contribution in [0.3, 0.4) is 0 Å². The van der Waals surface area contributed by atoms with E-state index >= 15 is 0 Å². The van der Waals surface area contributed by atoms with E-state index in [9.17, 15) is 0 Å². The van der Waals surface area contributed by atoms with E-state index in [-0.39, 0.29) is 6.04 Å². The summed E-state index contributed by atoms with van der Waals surface area (Å²) >= 11 is 3.51. The molecule has 1 aliphatic rings. The van der Waals surface area contributed by atoms with Gasteiger partial charge in [0.1, 0.15) is 0 Å². The van der Waals surface area contributed by atoms with E-state index < -0.39 is 0 Å². The molecule has 0 saturated carbocycles. The van der Waals surface area contributed by atoms with Crippen LogP contribution in [0.25, 0.3) is 0 Å². The Bertz CT molecular complexity index is 375. The second kappa shape index (κ2) is 6.66. The predicted molar refractivity (Wildman–Crippen MR) is 79.3 cm³/mol. The summed E-state index contributed by atoms with van der Waals surface area (Å²) in [6, 6.07) is 8.52. The van der Waals surface area contributed by atoms with E-state index in [4.69, 9.17) is 11.5 Å². The molecule has 1 unspecified atom stereocenters. The van der Waals surface area contributed by atoms with Crippen molar-refractivity contribution in [1.29, 1.82) is 0 Å². The van der Waals surface area contributed by atoms with Gasteiger partial charge in [0.2, 0.25) is 0 Å². The normalized spacial score (nSPS) is 19.9. The lowest BCUT2D eigenvalue weighted by molar-refractivity contribution is 0.173. The molecular weight excluding hydrogens is 290 g/mol. The van der Waals surface area contributed by atoms with Gasteiger partial charge in [-0.3, -0.25) is 0 Å². The molecular formula is C14H22BrN3. The minimum absolute atomic E-state index is 0.155. The largest absolute Gasteiger partial charge is 0.329 e. The number of rotatable bonds is 4. The number of halogens is 1. The fourth-order valence-electron chi connectivity index (χ4n) is 2.70. The van der Waals surface area contributed by atoms with Crippen molar-refractivity contribution in [3.63, 3.8) is 0 Å². The van der Waals surface area contributed by atoms with Gasteiger partial charge in [-0.2, -0.15) is 0 Å². The second-order valence-corrected chi connectivity index (χ2v) is 5.96. The van der Waals surface area contributed by atoms with Crippen molar-refractivity contribution in [2.45, 2.75) is 18.9 Å². The number of piperidine rings is 1. The maximum atomic E-state index is 6.39. The summed E-state index contributed by atoms with van der Waals surface area (Å²) in [5, 5.41) is 0. The van der Waals surface area contributed by atoms with E-state index in [1.807, 2.05) is 6.07 Å². The van der Waals surface area contributed by atoms with Gasteiger partial charge in [-0.15, -0.1) is 0 Å². The topological polar surface area (TPSA) is 55.3 Å². The third kappa shape index (κ3) is 3.54. The Hall–Kier alpha value is -0.420. The van der Waals surface area contributed by atoms with Gasteiger partial charge in [-0.25, -0.2) is 0 Å². The van der Waals surface area contributed by atoms with Crippen molar-refractivity contribution in [2.75, 3.05) is 26.2 Å². The summed E-state index contributed by atoms with van der Waals surface area (Å²) in [7, 11) is 0. The smallest absolute Gasteiger partial charge is 0.0324 e. The Morgan fingerprint density at radius 3 is 2.67 bits per heavy atom. The molecule has 0 aromatic heterocycles. The van der Waals surface area contributed by atoms with Gasteiger partial charge in [0.15, 0.2) is 0 Å². The molecule has 0 spiro atoms. The van der Waals surface area contributed by atoms with E-state index in [0.29, 0.717) is 5.92 Å². The van der Waals surface area contributed by atoms with E-state index in [1.165, 1.54) is 18.4 Å². The quantitative estimate of drug-likeness (QED) is 0.895. The van der Waals surface area contributed by atoms with Crippen LogP contribution in [0.15, 0.2) is 28.7 Å². The average molecular weight is 312 g/mol. The third-order valence-electron chi connectivity index (χ3n) is 3.82. The maximum Gasteiger partial charge on any atom is 0.0324 e. The van der Waals surface area contributed by atoms with Crippen molar-refractivity contribution in [3.05, 3.63) is 34.3 Å². The van der Waals surface area contributed by atoms with Crippen LogP contribution in [-0.2, 0) is 0 Å². The highest BCUT2D eigenvalue weighted by atomic mass is 79.9. The molecule has 100 valence electrons. The molecule has 4 heteroatoms. The molecule has 1 saturated heterocycles. The Labute approximate surface area is 118 Å². The molecule has 18 heavy (non-hydrogen) atoms. The molecule has 0 aliphatic carbocycles. The third-order valence-corrected chi connectivity index (χ3v) is 4.31. The molecule has 0 radical (unpaired) electrons. The highest BCUT2D eigenvalue weighted by Gasteiger charge is 2.24. The summed E-state index contributed by atoms with van der Waals surface area (Å²) < 4.78 is 1.11. The molecule has 2 rings (SSSR count). The average Bonchev–Trinajstić information content (AvgIpc) is 2.39. The first-order valence-electron chi connectivity index (χ1n) is 6.64. The molecule has 0 amide bonds. The van der Waals surface area contributed by atoms with E-state index in [1.54, 1.807) is 0 Å². The van der Waals surface area contributed by atoms with Gasteiger partial charge in [0.25, 0.3) is 0 Å². The molecule has 1 aromatic carbocycles. The first kappa shape index (κ1) is 14.0. The number of hydrogen-bond donors (Lipinski definition) is 2. The van der Waals surface area contributed by atoms with Crippen LogP contribution in [0.4, 0.5) is 0 Å². The van der Waals surface area contributed by atoms with Crippen LogP contribution in [0.1, 0.15) is 24.4 Å². The molecule has 1 fully saturated rings. The fraction of sp³-hybridized carbons (Fsp3) is 0.571. The first-order valence-corrected chi connectivity index (χ1v) is 7.43. The highest BCUT2D eigenvalue weighted by molar-refractivity contribution is 9.10. The lowest BCUT2D eigenvalue weighted by Crippen LogP contribution is -2.39. The fourth-order valence-corrected chi connectivity index (χ4v) is 3.12. The Kier molecular flexibility index (Phi) is 5.18. The number of likely N-dealkylation sites (tertiary alicyclic amines) is 1. The van der Waals surface area contributed by atoms with Crippen molar-refractivity contribution in [3.8, 4) is 0 Å². The minimum atomic E-state index is 0.155. The number of benzene rings is 1. The molecule has 1 atom stereocenters. The second-order valence-electron chi connectivity index (χ2n) is 5.05. The lowest BCUT2D eigenvalue weighted by Gasteiger charge is -2.34. The molecule has 0 bridgehead atoms. The van der Waals surface area contributed by atoms with Crippen molar-refractivity contribution < 1.29 is 0 Å². The van der Waals surface area contributed by atoms with Gasteiger partial charge in [-0.05, 0) is 49.5 Å². The molecule has 1 heterocycles. The molecule has 1 aromatic rings. The summed E-state index contributed by atoms with van der Waals surface area (Å²) in [6.45, 7) is 4.02. The summed E-state index contributed by atoms with van der Waals surface area (Å²) in [5.41, 5.74) is 13.2. The molecule has 4 N–H and O–H groups in total. The maximum absolute atomic E-state index is 6.39. The lowest BCUT2D eigenvalue weighted by atomic mass is 9.86. The molecule has 1 aliphatic heterocycles. The monoisotopic (exact) mass is 311 g/mol. The van der Waals surface area contributed by atoms with Gasteiger partial charge < -0.3 is 16.4 Å². The highest BCUT2D eigenvalue weighted by Crippen LogP contribution is 2.29. The van der Waals surface area contributed by atoms with Crippen LogP contribution >= 0.6 is 15.9 Å². The zero-order valence-corrected chi connectivity index (χ0v) is 12.3. The van der Waals surface area contributed by atoms with Crippen LogP contribution in [-0.4, -0.2) is 31.1 Å². The van der Waals surface area contributed by atoms with Crippen LogP contribution in [0, 0.1) is 5.92 Å². The van der Waals surface area contributed by atoms with Gasteiger partial charge >= 0.3 is 0 Å². The Morgan fingerprint density at radius 2 is 2.06 bits per heavy atom. The number of nitrogens with zero attached hydrogens (tertiary/aromatic N) is 1. The number of nitrogens with two attached hydrogens (primary N) is 2. The number of hydrogen-bond acceptors (Lipinski definition) is 3. The first-order chi connectivity index (χ1) is 8.70. The molecule has 3 nitrogen and oxygen atoms in total. The predicted octanol–water partition coefficient (Wildman–Crippen LogP) is 2.12. The van der Waals surface area contributed by atoms with Crippen LogP contribution in [0.2, 0.25) is 0 Å². The van der Waals surface area contributed by atoms with Gasteiger partial charge in [-0.1, -0.05) is 28.1 Å². The Balaban J connectivity index is 1.93. The SMILES string of the molecule is NCCN1CCC(C(N)c2cccc(Br)c2)CC1. The zero-order chi connectivity index (χ0) is 13.0. The van der Waals surface area contributed by atoms with E-state index in [0.717, 1.165) is 30.7 Å². The van der Waals surface area contributed by atoms with Crippen molar-refractivity contribution in [1.82, 2.24) is 4.90 Å². The van der Waals surface area contributed by atoms with Gasteiger partial charge in [0, 0.05) is 23.6 Å². The van der Waals surface area contributed by atoms with Crippen LogP contribution in [0.5, 0.6) is 0 Å². The minimum Gasteiger partial charge on any atom is -0.329 e. The van der Waals surface area contributed by atoms with Crippen molar-refractivity contribution >= 4 is 15.9 Å². The standard InChI is InChI=1S/C14H22BrN3/c15-13-3-1-2-12(10-13)14(17)11-4-7-18(8-5-11)9-6-16/h1-3,10-11,14H,4-9,16-17H2. The summed E-state index contributed by atoms with van der Waals surface area (Å²) in [5.74, 6) is 0.591.